The second-order valence-electron chi connectivity index (χ2n) is 7.83. The topological polar surface area (TPSA) is 90.7 Å². The second-order valence-corrected chi connectivity index (χ2v) is 7.83. The molecule has 1 unspecified atom stereocenters. The number of methoxy groups -OCH3 is 1. The monoisotopic (exact) mass is 417 g/mol. The van der Waals surface area contributed by atoms with E-state index in [9.17, 15) is 14.4 Å². The molecule has 1 heterocycles. The minimum absolute atomic E-state index is 0.0506. The molecule has 0 bridgehead atoms. The highest BCUT2D eigenvalue weighted by atomic mass is 16.5. The number of ether oxygens (including phenoxy) is 1. The van der Waals surface area contributed by atoms with E-state index >= 15 is 0 Å². The third-order valence-corrected chi connectivity index (χ3v) is 5.98. The zero-order chi connectivity index (χ0) is 22.0. The van der Waals surface area contributed by atoms with E-state index in [0.717, 1.165) is 30.6 Å². The summed E-state index contributed by atoms with van der Waals surface area (Å²) in [7, 11) is 1.53. The Morgan fingerprint density at radius 2 is 1.84 bits per heavy atom. The molecule has 1 aliphatic heterocycles. The van der Waals surface area contributed by atoms with E-state index < -0.39 is 11.9 Å². The molecule has 1 saturated carbocycles. The molecule has 1 atom stereocenters. The predicted octanol–water partition coefficient (Wildman–Crippen LogP) is 3.28. The molecular weight excluding hydrogens is 394 g/mol. The summed E-state index contributed by atoms with van der Waals surface area (Å²) in [6, 6.07) is 14.3. The minimum Gasteiger partial charge on any atom is -0.497 e. The van der Waals surface area contributed by atoms with Crippen LogP contribution in [0.1, 0.15) is 48.0 Å². The Morgan fingerprint density at radius 3 is 2.48 bits per heavy atom. The van der Waals surface area contributed by atoms with E-state index in [0.29, 0.717) is 22.6 Å². The van der Waals surface area contributed by atoms with Crippen molar-refractivity contribution >= 4 is 23.4 Å². The number of benzene rings is 2. The molecule has 2 fully saturated rings. The van der Waals surface area contributed by atoms with Crippen molar-refractivity contribution in [3.8, 4) is 11.8 Å². The highest BCUT2D eigenvalue weighted by Gasteiger charge is 2.47. The molecule has 158 valence electrons. The number of hydrogen-bond donors (Lipinski definition) is 0. The number of amides is 3. The summed E-state index contributed by atoms with van der Waals surface area (Å²) >= 11 is 0. The predicted molar refractivity (Wildman–Crippen MR) is 113 cm³/mol. The van der Waals surface area contributed by atoms with E-state index in [1.54, 1.807) is 53.4 Å². The number of anilines is 1. The lowest BCUT2D eigenvalue weighted by atomic mass is 10.1. The summed E-state index contributed by atoms with van der Waals surface area (Å²) in [5.74, 6) is -0.456. The molecule has 0 spiro atoms. The van der Waals surface area contributed by atoms with E-state index in [1.807, 2.05) is 6.07 Å². The summed E-state index contributed by atoms with van der Waals surface area (Å²) in [5.41, 5.74) is 1.29. The Balaban J connectivity index is 1.66. The molecular formula is C24H23N3O4. The van der Waals surface area contributed by atoms with Crippen LogP contribution in [0.2, 0.25) is 0 Å². The van der Waals surface area contributed by atoms with Gasteiger partial charge in [0.1, 0.15) is 11.8 Å². The highest BCUT2D eigenvalue weighted by molar-refractivity contribution is 6.23. The number of imide groups is 1. The van der Waals surface area contributed by atoms with Crippen molar-refractivity contribution < 1.29 is 19.1 Å². The van der Waals surface area contributed by atoms with Crippen LogP contribution in [0.5, 0.6) is 5.75 Å². The van der Waals surface area contributed by atoms with E-state index in [-0.39, 0.29) is 24.3 Å². The molecule has 0 radical (unpaired) electrons. The van der Waals surface area contributed by atoms with Crippen LogP contribution in [0.4, 0.5) is 5.69 Å². The normalized spacial score (nSPS) is 18.8. The van der Waals surface area contributed by atoms with Gasteiger partial charge in [-0.3, -0.25) is 14.4 Å². The molecule has 0 aromatic heterocycles. The number of carbonyl (C=O) groups excluding carboxylic acids is 3. The Bertz CT molecular complexity index is 1050. The van der Waals surface area contributed by atoms with Gasteiger partial charge in [0.25, 0.3) is 11.8 Å². The van der Waals surface area contributed by atoms with Crippen LogP contribution in [0.25, 0.3) is 0 Å². The zero-order valence-electron chi connectivity index (χ0n) is 17.3. The number of rotatable bonds is 5. The Hall–Kier alpha value is -3.66. The quantitative estimate of drug-likeness (QED) is 0.697. The van der Waals surface area contributed by atoms with E-state index in [2.05, 4.69) is 0 Å². The van der Waals surface area contributed by atoms with E-state index in [4.69, 9.17) is 10.00 Å². The van der Waals surface area contributed by atoms with Crippen molar-refractivity contribution in [1.82, 2.24) is 4.90 Å². The molecule has 31 heavy (non-hydrogen) atoms. The summed E-state index contributed by atoms with van der Waals surface area (Å²) in [4.78, 5) is 42.4. The second kappa shape index (κ2) is 8.60. The molecule has 2 aliphatic rings. The van der Waals surface area contributed by atoms with Crippen LogP contribution < -0.4 is 9.64 Å². The molecule has 2 aromatic carbocycles. The van der Waals surface area contributed by atoms with Crippen LogP contribution in [-0.4, -0.2) is 41.8 Å². The number of nitriles is 1. The van der Waals surface area contributed by atoms with E-state index in [1.165, 1.54) is 7.11 Å². The molecule has 1 aliphatic carbocycles. The van der Waals surface area contributed by atoms with Gasteiger partial charge in [0, 0.05) is 11.6 Å². The third-order valence-electron chi connectivity index (χ3n) is 5.98. The maximum absolute atomic E-state index is 13.5. The van der Waals surface area contributed by atoms with Crippen molar-refractivity contribution in [2.75, 3.05) is 12.0 Å². The van der Waals surface area contributed by atoms with Crippen LogP contribution in [0, 0.1) is 11.3 Å². The SMILES string of the molecule is COc1cccc(C(=O)N(C2CCCC2)C2CC(=O)N(c3ccc(C#N)cc3)C2=O)c1. The van der Waals surface area contributed by atoms with Gasteiger partial charge in [-0.25, -0.2) is 4.90 Å². The fourth-order valence-corrected chi connectivity index (χ4v) is 4.44. The molecule has 4 rings (SSSR count). The standard InChI is InChI=1S/C24H23N3O4/c1-31-20-8-4-5-17(13-20)23(29)26(18-6-2-3-7-18)21-14-22(28)27(24(21)30)19-11-9-16(15-25)10-12-19/h4-5,8-13,18,21H,2-3,6-7,14H2,1H3. The van der Waals surface area contributed by atoms with Gasteiger partial charge < -0.3 is 9.64 Å². The first-order valence-corrected chi connectivity index (χ1v) is 10.4. The average molecular weight is 417 g/mol. The van der Waals surface area contributed by atoms with Gasteiger partial charge in [0.2, 0.25) is 5.91 Å². The summed E-state index contributed by atoms with van der Waals surface area (Å²) in [6.45, 7) is 0. The van der Waals surface area contributed by atoms with Gasteiger partial charge in [-0.1, -0.05) is 18.9 Å². The molecule has 7 nitrogen and oxygen atoms in total. The summed E-state index contributed by atoms with van der Waals surface area (Å²) in [6.07, 6.45) is 3.54. The lowest BCUT2D eigenvalue weighted by molar-refractivity contribution is -0.123. The van der Waals surface area contributed by atoms with Gasteiger partial charge in [0.15, 0.2) is 0 Å². The first kappa shape index (κ1) is 20.6. The lowest BCUT2D eigenvalue weighted by Crippen LogP contribution is -2.50. The first-order valence-electron chi connectivity index (χ1n) is 10.4. The molecule has 1 saturated heterocycles. The summed E-state index contributed by atoms with van der Waals surface area (Å²) in [5, 5.41) is 8.99. The van der Waals surface area contributed by atoms with Gasteiger partial charge >= 0.3 is 0 Å². The number of hydrogen-bond acceptors (Lipinski definition) is 5. The lowest BCUT2D eigenvalue weighted by Gasteiger charge is -2.33. The van der Waals surface area contributed by atoms with Crippen molar-refractivity contribution in [1.29, 1.82) is 5.26 Å². The van der Waals surface area contributed by atoms with Crippen molar-refractivity contribution in [2.24, 2.45) is 0 Å². The fourth-order valence-electron chi connectivity index (χ4n) is 4.44. The maximum atomic E-state index is 13.5. The number of nitrogens with zero attached hydrogens (tertiary/aromatic N) is 3. The first-order chi connectivity index (χ1) is 15.0. The van der Waals surface area contributed by atoms with Gasteiger partial charge in [-0.05, 0) is 55.3 Å². The largest absolute Gasteiger partial charge is 0.497 e. The zero-order valence-corrected chi connectivity index (χ0v) is 17.3. The Kier molecular flexibility index (Phi) is 5.72. The third kappa shape index (κ3) is 3.89. The van der Waals surface area contributed by atoms with Crippen molar-refractivity contribution in [3.63, 3.8) is 0 Å². The molecule has 3 amide bonds. The minimum atomic E-state index is -0.843. The molecule has 0 N–H and O–H groups in total. The average Bonchev–Trinajstić information content (AvgIpc) is 3.42. The van der Waals surface area contributed by atoms with Crippen molar-refractivity contribution in [2.45, 2.75) is 44.2 Å². The van der Waals surface area contributed by atoms with Gasteiger partial charge in [-0.15, -0.1) is 0 Å². The fraction of sp³-hybridized carbons (Fsp3) is 0.333. The van der Waals surface area contributed by atoms with Crippen molar-refractivity contribution in [3.05, 3.63) is 59.7 Å². The van der Waals surface area contributed by atoms with Gasteiger partial charge in [-0.2, -0.15) is 5.26 Å². The van der Waals surface area contributed by atoms with Crippen LogP contribution >= 0.6 is 0 Å². The van der Waals surface area contributed by atoms with Crippen LogP contribution in [-0.2, 0) is 9.59 Å². The summed E-state index contributed by atoms with van der Waals surface area (Å²) < 4.78 is 5.24. The van der Waals surface area contributed by atoms with Crippen LogP contribution in [0.15, 0.2) is 48.5 Å². The molecule has 2 aromatic rings. The van der Waals surface area contributed by atoms with Gasteiger partial charge in [0.05, 0.1) is 30.9 Å². The molecule has 7 heteroatoms. The number of carbonyl (C=O) groups is 3. The Labute approximate surface area is 180 Å². The Morgan fingerprint density at radius 1 is 1.13 bits per heavy atom. The van der Waals surface area contributed by atoms with Crippen LogP contribution in [0.3, 0.4) is 0 Å². The highest BCUT2D eigenvalue weighted by Crippen LogP contribution is 2.33. The smallest absolute Gasteiger partial charge is 0.257 e. The maximum Gasteiger partial charge on any atom is 0.257 e.